The number of rotatable bonds is 11. The number of halogens is 4. The van der Waals surface area contributed by atoms with Crippen molar-refractivity contribution in [2.45, 2.75) is 39.8 Å². The zero-order chi connectivity index (χ0) is 35.4. The van der Waals surface area contributed by atoms with Crippen molar-refractivity contribution >= 4 is 34.9 Å². The number of ketones is 1. The van der Waals surface area contributed by atoms with E-state index in [4.69, 9.17) is 5.73 Å². The molecule has 252 valence electrons. The molecule has 0 spiro atoms. The van der Waals surface area contributed by atoms with Crippen LogP contribution in [0.4, 0.5) is 28.9 Å². The van der Waals surface area contributed by atoms with Crippen LogP contribution in [0.5, 0.6) is 0 Å². The molecule has 4 rings (SSSR count). The second-order valence-electron chi connectivity index (χ2n) is 10.4. The highest BCUT2D eigenvalue weighted by Gasteiger charge is 2.20. The van der Waals surface area contributed by atoms with Gasteiger partial charge in [-0.15, -0.1) is 0 Å². The first kappa shape index (κ1) is 37.1. The molecule has 0 aliphatic heterocycles. The van der Waals surface area contributed by atoms with Crippen LogP contribution in [0.3, 0.4) is 0 Å². The van der Waals surface area contributed by atoms with Gasteiger partial charge in [-0.2, -0.15) is 0 Å². The fourth-order valence-corrected chi connectivity index (χ4v) is 4.54. The van der Waals surface area contributed by atoms with Gasteiger partial charge in [0.1, 0.15) is 23.3 Å². The van der Waals surface area contributed by atoms with Crippen molar-refractivity contribution in [1.82, 2.24) is 0 Å². The van der Waals surface area contributed by atoms with E-state index >= 15 is 0 Å². The Hall–Kier alpha value is -5.36. The topological polar surface area (TPSA) is 110 Å². The van der Waals surface area contributed by atoms with Crippen LogP contribution in [0, 0.1) is 23.3 Å². The summed E-state index contributed by atoms with van der Waals surface area (Å²) in [5.74, 6) is -3.75. The molecule has 0 unspecified atom stereocenters. The predicted molar refractivity (Wildman–Crippen MR) is 173 cm³/mol. The number of carbonyl (C=O) groups is 4. The minimum Gasteiger partial charge on any atom is -0.465 e. The lowest BCUT2D eigenvalue weighted by Crippen LogP contribution is -2.30. The fourth-order valence-electron chi connectivity index (χ4n) is 4.54. The van der Waals surface area contributed by atoms with E-state index in [2.05, 4.69) is 4.74 Å². The Labute approximate surface area is 275 Å². The number of nitrogens with two attached hydrogens (primary N) is 1. The Morgan fingerprint density at radius 2 is 1.08 bits per heavy atom. The fraction of sp³-hybridized carbons (Fsp3) is 0.222. The summed E-state index contributed by atoms with van der Waals surface area (Å²) in [5, 5.41) is 0. The number of anilines is 2. The Bertz CT molecular complexity index is 1650. The summed E-state index contributed by atoms with van der Waals surface area (Å²) in [5.41, 5.74) is 6.66. The maximum Gasteiger partial charge on any atom is 0.337 e. The van der Waals surface area contributed by atoms with Gasteiger partial charge >= 0.3 is 5.97 Å². The van der Waals surface area contributed by atoms with Gasteiger partial charge in [-0.1, -0.05) is 44.2 Å². The number of carbonyl (C=O) groups excluding carboxylic acids is 4. The molecule has 2 N–H and O–H groups in total. The molecule has 0 saturated heterocycles. The highest BCUT2D eigenvalue weighted by Crippen LogP contribution is 2.23. The third-order valence-electron chi connectivity index (χ3n) is 7.14. The summed E-state index contributed by atoms with van der Waals surface area (Å²) in [7, 11) is 1.21. The van der Waals surface area contributed by atoms with Crippen molar-refractivity contribution in [1.29, 1.82) is 0 Å². The van der Waals surface area contributed by atoms with Crippen molar-refractivity contribution in [2.24, 2.45) is 5.73 Å². The molecular formula is C36H35F4N3O5. The Balaban J connectivity index is 0.000000260. The van der Waals surface area contributed by atoms with Gasteiger partial charge in [0.15, 0.2) is 5.78 Å². The molecule has 4 aromatic carbocycles. The molecule has 4 aromatic rings. The van der Waals surface area contributed by atoms with Crippen LogP contribution in [0.2, 0.25) is 0 Å². The average Bonchev–Trinajstić information content (AvgIpc) is 3.09. The maximum atomic E-state index is 14.3. The highest BCUT2D eigenvalue weighted by atomic mass is 19.1. The van der Waals surface area contributed by atoms with E-state index < -0.39 is 29.2 Å². The summed E-state index contributed by atoms with van der Waals surface area (Å²) in [6, 6.07) is 19.0. The second-order valence-corrected chi connectivity index (χ2v) is 10.4. The lowest BCUT2D eigenvalue weighted by atomic mass is 10.1. The molecule has 0 saturated carbocycles. The highest BCUT2D eigenvalue weighted by molar-refractivity contribution is 5.97. The van der Waals surface area contributed by atoms with Crippen molar-refractivity contribution in [2.75, 3.05) is 23.5 Å². The third-order valence-corrected chi connectivity index (χ3v) is 7.14. The SMILES string of the molecule is CCC(=O)N(Cc1ccc(C(=O)CN)cc1F)c1cccc(F)c1.CCC(=O)N(Cc1ccc(C(=O)OC)cc1F)c1cccc(F)c1. The Kier molecular flexibility index (Phi) is 13.5. The van der Waals surface area contributed by atoms with E-state index in [1.165, 1.54) is 77.6 Å². The zero-order valence-electron chi connectivity index (χ0n) is 26.6. The smallest absolute Gasteiger partial charge is 0.337 e. The zero-order valence-corrected chi connectivity index (χ0v) is 26.6. The predicted octanol–water partition coefficient (Wildman–Crippen LogP) is 6.74. The lowest BCUT2D eigenvalue weighted by molar-refractivity contribution is -0.119. The van der Waals surface area contributed by atoms with Gasteiger partial charge in [0, 0.05) is 40.9 Å². The number of methoxy groups -OCH3 is 1. The van der Waals surface area contributed by atoms with Crippen molar-refractivity contribution in [3.8, 4) is 0 Å². The van der Waals surface area contributed by atoms with E-state index in [0.29, 0.717) is 11.4 Å². The van der Waals surface area contributed by atoms with E-state index in [0.717, 1.165) is 12.1 Å². The first-order valence-corrected chi connectivity index (χ1v) is 14.9. The Morgan fingerprint density at radius 1 is 0.646 bits per heavy atom. The number of ether oxygens (including phenoxy) is 1. The monoisotopic (exact) mass is 665 g/mol. The van der Waals surface area contributed by atoms with Gasteiger partial charge in [0.25, 0.3) is 0 Å². The van der Waals surface area contributed by atoms with Crippen LogP contribution in [-0.4, -0.2) is 37.2 Å². The molecule has 12 heteroatoms. The summed E-state index contributed by atoms with van der Waals surface area (Å²) < 4.78 is 59.9. The summed E-state index contributed by atoms with van der Waals surface area (Å²) >= 11 is 0. The normalized spacial score (nSPS) is 10.4. The number of hydrogen-bond acceptors (Lipinski definition) is 6. The summed E-state index contributed by atoms with van der Waals surface area (Å²) in [4.78, 5) is 49.9. The molecule has 0 fully saturated rings. The van der Waals surface area contributed by atoms with Crippen molar-refractivity contribution < 1.29 is 41.5 Å². The molecule has 48 heavy (non-hydrogen) atoms. The largest absolute Gasteiger partial charge is 0.465 e. The first-order chi connectivity index (χ1) is 22.9. The minimum atomic E-state index is -0.646. The van der Waals surface area contributed by atoms with Gasteiger partial charge in [0.05, 0.1) is 32.3 Å². The molecular weight excluding hydrogens is 630 g/mol. The van der Waals surface area contributed by atoms with Crippen LogP contribution >= 0.6 is 0 Å². The van der Waals surface area contributed by atoms with Crippen LogP contribution < -0.4 is 15.5 Å². The number of esters is 1. The minimum absolute atomic E-state index is 0.0565. The van der Waals surface area contributed by atoms with Gasteiger partial charge in [-0.25, -0.2) is 22.4 Å². The molecule has 0 atom stereocenters. The maximum absolute atomic E-state index is 14.3. The summed E-state index contributed by atoms with van der Waals surface area (Å²) in [6.45, 7) is 3.02. The third kappa shape index (κ3) is 9.82. The summed E-state index contributed by atoms with van der Waals surface area (Å²) in [6.07, 6.45) is 0.389. The van der Waals surface area contributed by atoms with Gasteiger partial charge in [-0.3, -0.25) is 14.4 Å². The quantitative estimate of drug-likeness (QED) is 0.108. The van der Waals surface area contributed by atoms with E-state index in [1.807, 2.05) is 0 Å². The molecule has 2 amide bonds. The Morgan fingerprint density at radius 3 is 1.46 bits per heavy atom. The molecule has 0 radical (unpaired) electrons. The average molecular weight is 666 g/mol. The molecule has 0 aromatic heterocycles. The molecule has 0 heterocycles. The molecule has 0 bridgehead atoms. The van der Waals surface area contributed by atoms with E-state index in [9.17, 15) is 36.7 Å². The van der Waals surface area contributed by atoms with Gasteiger partial charge in [-0.05, 0) is 54.6 Å². The second kappa shape index (κ2) is 17.5. The van der Waals surface area contributed by atoms with E-state index in [1.54, 1.807) is 26.0 Å². The van der Waals surface area contributed by atoms with Gasteiger partial charge < -0.3 is 20.3 Å². The van der Waals surface area contributed by atoms with Crippen LogP contribution in [0.15, 0.2) is 84.9 Å². The molecule has 8 nitrogen and oxygen atoms in total. The first-order valence-electron chi connectivity index (χ1n) is 14.9. The van der Waals surface area contributed by atoms with Crippen LogP contribution in [0.25, 0.3) is 0 Å². The number of amides is 2. The van der Waals surface area contributed by atoms with Gasteiger partial charge in [0.2, 0.25) is 11.8 Å². The number of hydrogen-bond donors (Lipinski definition) is 1. The van der Waals surface area contributed by atoms with Crippen molar-refractivity contribution in [3.63, 3.8) is 0 Å². The van der Waals surface area contributed by atoms with Crippen molar-refractivity contribution in [3.05, 3.63) is 130 Å². The molecule has 0 aliphatic rings. The lowest BCUT2D eigenvalue weighted by Gasteiger charge is -2.23. The van der Waals surface area contributed by atoms with Crippen LogP contribution in [-0.2, 0) is 27.4 Å². The molecule has 0 aliphatic carbocycles. The van der Waals surface area contributed by atoms with Crippen LogP contribution in [0.1, 0.15) is 58.5 Å². The standard InChI is InChI=1S/C18H18F2N2O2.C18H17F2NO3/c1-2-18(24)22(15-5-3-4-14(19)9-15)11-13-7-6-12(8-16(13)20)17(23)10-21;1-3-17(22)21(15-6-4-5-14(19)10-15)11-13-8-7-12(9-16(13)20)18(23)24-2/h3-9H,2,10-11,21H2,1H3;4-10H,3,11H2,1-2H3. The number of benzene rings is 4. The number of Topliss-reactive ketones (excluding diaryl/α,β-unsaturated/α-hetero) is 1. The number of nitrogens with zero attached hydrogens (tertiary/aromatic N) is 2. The van der Waals surface area contributed by atoms with E-state index in [-0.39, 0.29) is 72.3 Å².